The van der Waals surface area contributed by atoms with Gasteiger partial charge < -0.3 is 33.8 Å². The highest BCUT2D eigenvalue weighted by atomic mass is 31.2. The fourth-order valence-corrected chi connectivity index (χ4v) is 12.3. The fourth-order valence-electron chi connectivity index (χ4n) is 10.8. The van der Waals surface area contributed by atoms with E-state index in [1.807, 2.05) is 0 Å². The minimum Gasteiger partial charge on any atom is -0.462 e. The van der Waals surface area contributed by atoms with Crippen LogP contribution in [0.1, 0.15) is 356 Å². The molecule has 2 unspecified atom stereocenters. The summed E-state index contributed by atoms with van der Waals surface area (Å²) in [7, 11) is -9.91. The molecule has 5 atom stereocenters. The molecule has 0 aliphatic rings. The van der Waals surface area contributed by atoms with Gasteiger partial charge in [0.05, 0.1) is 26.4 Å². The summed E-state index contributed by atoms with van der Waals surface area (Å²) in [5.74, 6) is -0.666. The van der Waals surface area contributed by atoms with Gasteiger partial charge in [-0.1, -0.05) is 303 Å². The first-order valence-electron chi connectivity index (χ1n) is 37.8. The third-order valence-electron chi connectivity index (χ3n) is 16.6. The van der Waals surface area contributed by atoms with Crippen LogP contribution in [-0.4, -0.2) is 96.7 Å². The summed E-state index contributed by atoms with van der Waals surface area (Å²) in [6.07, 6.45) is 55.1. The Bertz CT molecular complexity index is 1900. The van der Waals surface area contributed by atoms with Crippen molar-refractivity contribution < 1.29 is 80.2 Å². The second-order valence-electron chi connectivity index (χ2n) is 27.0. The molecular weight excluding hydrogens is 1220 g/mol. The first-order valence-corrected chi connectivity index (χ1v) is 40.8. The van der Waals surface area contributed by atoms with Crippen molar-refractivity contribution in [2.75, 3.05) is 39.6 Å². The van der Waals surface area contributed by atoms with Crippen LogP contribution in [0.4, 0.5) is 0 Å². The summed E-state index contributed by atoms with van der Waals surface area (Å²) in [5, 5.41) is 10.6. The molecule has 0 saturated heterocycles. The van der Waals surface area contributed by atoms with Crippen LogP contribution in [0.3, 0.4) is 0 Å². The monoisotopic (exact) mass is 1360 g/mol. The number of phosphoric acid groups is 2. The lowest BCUT2D eigenvalue weighted by molar-refractivity contribution is -0.161. The van der Waals surface area contributed by atoms with Crippen LogP contribution in [0.2, 0.25) is 0 Å². The number of unbranched alkanes of at least 4 members (excludes halogenated alkanes) is 38. The van der Waals surface area contributed by atoms with Crippen LogP contribution in [0, 0.1) is 11.8 Å². The molecule has 0 fully saturated rings. The van der Waals surface area contributed by atoms with E-state index in [-0.39, 0.29) is 25.7 Å². The molecule has 0 aliphatic heterocycles. The zero-order chi connectivity index (χ0) is 68.6. The lowest BCUT2D eigenvalue weighted by Gasteiger charge is -2.21. The predicted octanol–water partition coefficient (Wildman–Crippen LogP) is 21.1. The fraction of sp³-hybridized carbons (Fsp3) is 0.892. The van der Waals surface area contributed by atoms with Crippen molar-refractivity contribution >= 4 is 39.5 Å². The maximum Gasteiger partial charge on any atom is 0.472 e. The number of hydrogen-bond acceptors (Lipinski definition) is 15. The van der Waals surface area contributed by atoms with E-state index in [1.165, 1.54) is 148 Å². The number of aliphatic hydroxyl groups is 1. The zero-order valence-electron chi connectivity index (χ0n) is 60.0. The van der Waals surface area contributed by atoms with Gasteiger partial charge in [0, 0.05) is 25.7 Å². The molecule has 93 heavy (non-hydrogen) atoms. The molecule has 0 aromatic heterocycles. The van der Waals surface area contributed by atoms with Gasteiger partial charge in [-0.05, 0) is 63.2 Å². The Balaban J connectivity index is 5.24. The van der Waals surface area contributed by atoms with E-state index >= 15 is 0 Å². The Morgan fingerprint density at radius 2 is 0.581 bits per heavy atom. The average Bonchev–Trinajstić information content (AvgIpc) is 1.56. The summed E-state index contributed by atoms with van der Waals surface area (Å²) in [5.41, 5.74) is 0. The largest absolute Gasteiger partial charge is 0.472 e. The number of ether oxygens (including phenoxy) is 4. The molecule has 0 spiro atoms. The molecule has 0 aromatic carbocycles. The van der Waals surface area contributed by atoms with Crippen molar-refractivity contribution in [1.82, 2.24) is 0 Å². The summed E-state index contributed by atoms with van der Waals surface area (Å²) < 4.78 is 68.3. The van der Waals surface area contributed by atoms with Gasteiger partial charge >= 0.3 is 39.5 Å². The highest BCUT2D eigenvalue weighted by Gasteiger charge is 2.30. The first-order chi connectivity index (χ1) is 44.9. The van der Waals surface area contributed by atoms with Crippen LogP contribution < -0.4 is 0 Å². The van der Waals surface area contributed by atoms with Crippen molar-refractivity contribution in [2.45, 2.75) is 374 Å². The van der Waals surface area contributed by atoms with Gasteiger partial charge in [-0.25, -0.2) is 9.13 Å². The average molecular weight is 1360 g/mol. The Morgan fingerprint density at radius 1 is 0.333 bits per heavy atom. The van der Waals surface area contributed by atoms with Gasteiger partial charge in [0.15, 0.2) is 12.2 Å². The van der Waals surface area contributed by atoms with Gasteiger partial charge in [-0.2, -0.15) is 0 Å². The highest BCUT2D eigenvalue weighted by molar-refractivity contribution is 7.47. The number of hydrogen-bond donors (Lipinski definition) is 3. The molecule has 3 N–H and O–H groups in total. The van der Waals surface area contributed by atoms with Crippen molar-refractivity contribution in [3.63, 3.8) is 0 Å². The molecule has 0 heterocycles. The SMILES string of the molecule is CCCCCC/C=C\C=C/CCCCCCCC(=O)OC[C@H](COP(=O)(O)OC[C@@H](O)COP(=O)(O)OC[C@@H](COC(=O)CCCCCCCCC(C)C)OC(=O)CCCCCCCCCCCC)OC(=O)CCCCCCCCCCCCCCCCCCC(C)C. The molecule has 0 saturated carbocycles. The smallest absolute Gasteiger partial charge is 0.462 e. The van der Waals surface area contributed by atoms with Crippen molar-refractivity contribution in [3.8, 4) is 0 Å². The molecule has 548 valence electrons. The Kier molecular flexibility index (Phi) is 63.7. The van der Waals surface area contributed by atoms with Gasteiger partial charge in [0.2, 0.25) is 0 Å². The first kappa shape index (κ1) is 90.5. The predicted molar refractivity (Wildman–Crippen MR) is 377 cm³/mol. The maximum absolute atomic E-state index is 13.1. The quantitative estimate of drug-likeness (QED) is 0.0169. The van der Waals surface area contributed by atoms with Crippen LogP contribution >= 0.6 is 15.6 Å². The van der Waals surface area contributed by atoms with E-state index in [4.69, 9.17) is 37.0 Å². The Hall–Kier alpha value is -2.46. The summed E-state index contributed by atoms with van der Waals surface area (Å²) in [4.78, 5) is 72.6. The van der Waals surface area contributed by atoms with Crippen LogP contribution in [-0.2, 0) is 65.4 Å². The maximum atomic E-state index is 13.1. The van der Waals surface area contributed by atoms with Crippen molar-refractivity contribution in [3.05, 3.63) is 24.3 Å². The lowest BCUT2D eigenvalue weighted by atomic mass is 10.0. The van der Waals surface area contributed by atoms with E-state index in [2.05, 4.69) is 65.8 Å². The number of phosphoric ester groups is 2. The van der Waals surface area contributed by atoms with E-state index in [1.54, 1.807) is 0 Å². The Labute approximate surface area is 567 Å². The van der Waals surface area contributed by atoms with Crippen molar-refractivity contribution in [2.24, 2.45) is 11.8 Å². The molecule has 17 nitrogen and oxygen atoms in total. The molecule has 0 bridgehead atoms. The number of allylic oxidation sites excluding steroid dienone is 4. The van der Waals surface area contributed by atoms with E-state index in [0.717, 1.165) is 121 Å². The minimum absolute atomic E-state index is 0.101. The van der Waals surface area contributed by atoms with Gasteiger partial charge in [-0.3, -0.25) is 37.3 Å². The normalized spacial score (nSPS) is 14.2. The topological polar surface area (TPSA) is 237 Å². The van der Waals surface area contributed by atoms with Crippen LogP contribution in [0.15, 0.2) is 24.3 Å². The molecular formula is C74H140O17P2. The second kappa shape index (κ2) is 65.5. The zero-order valence-corrected chi connectivity index (χ0v) is 61.8. The number of aliphatic hydroxyl groups excluding tert-OH is 1. The summed E-state index contributed by atoms with van der Waals surface area (Å²) in [6.45, 7) is 9.44. The highest BCUT2D eigenvalue weighted by Crippen LogP contribution is 2.45. The molecule has 0 aliphatic carbocycles. The molecule has 0 radical (unpaired) electrons. The number of carbonyl (C=O) groups excluding carboxylic acids is 4. The van der Waals surface area contributed by atoms with Crippen LogP contribution in [0.5, 0.6) is 0 Å². The molecule has 19 heteroatoms. The third kappa shape index (κ3) is 67.9. The van der Waals surface area contributed by atoms with E-state index < -0.39 is 97.5 Å². The standard InChI is InChI=1S/C74H140O17P2/c1-7-9-11-13-15-17-19-20-23-27-30-34-37-44-50-56-71(76)84-62-69(90-74(79)59-53-47-39-35-31-28-25-22-21-24-26-29-32-36-42-48-54-66(3)4)64-88-92(80,81)86-60-68(75)61-87-93(82,83)89-65-70(63-85-72(77)57-51-45-41-40-43-49-55-67(5)6)91-73(78)58-52-46-38-33-18-16-14-12-10-8-2/h17,19-20,23,66-70,75H,7-16,18,21-22,24-65H2,1-6H3,(H,80,81)(H,82,83)/b19-17-,23-20-/t68-,69-,70-/m1/s1. The molecule has 0 aromatic rings. The number of carbonyl (C=O) groups is 4. The van der Waals surface area contributed by atoms with E-state index in [9.17, 15) is 43.2 Å². The van der Waals surface area contributed by atoms with E-state index in [0.29, 0.717) is 31.6 Å². The van der Waals surface area contributed by atoms with Gasteiger partial charge in [0.1, 0.15) is 19.3 Å². The summed E-state index contributed by atoms with van der Waals surface area (Å²) >= 11 is 0. The summed E-state index contributed by atoms with van der Waals surface area (Å²) in [6, 6.07) is 0. The number of rotatable bonds is 71. The molecule has 0 rings (SSSR count). The number of esters is 4. The Morgan fingerprint density at radius 3 is 0.882 bits per heavy atom. The lowest BCUT2D eigenvalue weighted by Crippen LogP contribution is -2.30. The van der Waals surface area contributed by atoms with Crippen LogP contribution in [0.25, 0.3) is 0 Å². The van der Waals surface area contributed by atoms with Crippen molar-refractivity contribution in [1.29, 1.82) is 0 Å². The third-order valence-corrected chi connectivity index (χ3v) is 18.5. The van der Waals surface area contributed by atoms with Gasteiger partial charge in [0.25, 0.3) is 0 Å². The molecule has 0 amide bonds. The second-order valence-corrected chi connectivity index (χ2v) is 29.9. The minimum atomic E-state index is -4.96. The van der Waals surface area contributed by atoms with Gasteiger partial charge in [-0.15, -0.1) is 0 Å².